The van der Waals surface area contributed by atoms with Crippen LogP contribution < -0.4 is 0 Å². The maximum absolute atomic E-state index is 5.85. The lowest BCUT2D eigenvalue weighted by atomic mass is 10.0. The molecule has 0 saturated carbocycles. The minimum atomic E-state index is 0.488. The molecule has 0 aromatic carbocycles. The van der Waals surface area contributed by atoms with Crippen LogP contribution in [-0.2, 0) is 4.74 Å². The number of unbranched alkanes of at least 4 members (excludes halogenated alkanes) is 3. The monoisotopic (exact) mass is 296 g/mol. The molecule has 1 heterocycles. The number of hydrogen-bond acceptors (Lipinski definition) is 1. The molecule has 1 aliphatic heterocycles. The Morgan fingerprint density at radius 1 is 1.23 bits per heavy atom. The van der Waals surface area contributed by atoms with Gasteiger partial charge in [-0.25, -0.2) is 0 Å². The van der Waals surface area contributed by atoms with Gasteiger partial charge in [-0.2, -0.15) is 0 Å². The van der Waals surface area contributed by atoms with Gasteiger partial charge in [-0.1, -0.05) is 55.2 Å². The van der Waals surface area contributed by atoms with Gasteiger partial charge in [0, 0.05) is 0 Å². The van der Waals surface area contributed by atoms with Crippen molar-refractivity contribution >= 4 is 22.6 Å². The fourth-order valence-corrected chi connectivity index (χ4v) is 2.72. The van der Waals surface area contributed by atoms with Gasteiger partial charge in [0.05, 0.1) is 6.10 Å². The topological polar surface area (TPSA) is 9.23 Å². The molecule has 0 amide bonds. The van der Waals surface area contributed by atoms with E-state index in [2.05, 4.69) is 29.5 Å². The summed E-state index contributed by atoms with van der Waals surface area (Å²) in [5.74, 6) is 0. The molecule has 0 aromatic heterocycles. The van der Waals surface area contributed by atoms with Gasteiger partial charge in [0.1, 0.15) is 4.11 Å². The maximum atomic E-state index is 5.85. The first kappa shape index (κ1) is 11.8. The highest BCUT2D eigenvalue weighted by Gasteiger charge is 2.19. The number of halogens is 1. The van der Waals surface area contributed by atoms with Crippen molar-refractivity contribution in [2.75, 3.05) is 0 Å². The number of ether oxygens (including phenoxy) is 1. The van der Waals surface area contributed by atoms with Gasteiger partial charge in [0.25, 0.3) is 0 Å². The molecule has 78 valence electrons. The summed E-state index contributed by atoms with van der Waals surface area (Å²) in [5.41, 5.74) is 0. The second-order valence-electron chi connectivity index (χ2n) is 3.95. The Bertz CT molecular complexity index is 127. The fraction of sp³-hybridized carbons (Fsp3) is 1.00. The van der Waals surface area contributed by atoms with Gasteiger partial charge in [-0.05, 0) is 25.7 Å². The largest absolute Gasteiger partial charge is 0.365 e. The molecule has 1 saturated heterocycles. The number of hydrogen-bond donors (Lipinski definition) is 0. The summed E-state index contributed by atoms with van der Waals surface area (Å²) in [5, 5.41) is 0. The van der Waals surface area contributed by atoms with Crippen LogP contribution in [0.3, 0.4) is 0 Å². The molecule has 2 atom stereocenters. The molecule has 13 heavy (non-hydrogen) atoms. The smallest absolute Gasteiger partial charge is 0.109 e. The van der Waals surface area contributed by atoms with Crippen LogP contribution in [0.1, 0.15) is 58.3 Å². The van der Waals surface area contributed by atoms with Crippen molar-refractivity contribution < 1.29 is 4.74 Å². The molecule has 0 aliphatic carbocycles. The van der Waals surface area contributed by atoms with Gasteiger partial charge < -0.3 is 4.74 Å². The van der Waals surface area contributed by atoms with Crippen LogP contribution in [-0.4, -0.2) is 10.2 Å². The Hall–Kier alpha value is 0.690. The Kier molecular flexibility index (Phi) is 6.37. The third kappa shape index (κ3) is 5.21. The summed E-state index contributed by atoms with van der Waals surface area (Å²) >= 11 is 2.42. The maximum Gasteiger partial charge on any atom is 0.109 e. The van der Waals surface area contributed by atoms with Crippen LogP contribution in [0.2, 0.25) is 0 Å². The minimum absolute atomic E-state index is 0.488. The third-order valence-electron chi connectivity index (χ3n) is 2.68. The van der Waals surface area contributed by atoms with Crippen molar-refractivity contribution in [3.8, 4) is 0 Å². The molecule has 2 heteroatoms. The van der Waals surface area contributed by atoms with Crippen molar-refractivity contribution in [1.29, 1.82) is 0 Å². The van der Waals surface area contributed by atoms with E-state index in [-0.39, 0.29) is 0 Å². The zero-order chi connectivity index (χ0) is 9.52. The van der Waals surface area contributed by atoms with Gasteiger partial charge in [0.2, 0.25) is 0 Å². The van der Waals surface area contributed by atoms with E-state index >= 15 is 0 Å². The van der Waals surface area contributed by atoms with Crippen molar-refractivity contribution in [3.63, 3.8) is 0 Å². The Morgan fingerprint density at radius 3 is 2.77 bits per heavy atom. The zero-order valence-electron chi connectivity index (χ0n) is 8.60. The zero-order valence-corrected chi connectivity index (χ0v) is 10.8. The quantitative estimate of drug-likeness (QED) is 0.418. The van der Waals surface area contributed by atoms with Crippen molar-refractivity contribution in [1.82, 2.24) is 0 Å². The van der Waals surface area contributed by atoms with E-state index in [4.69, 9.17) is 4.74 Å². The standard InChI is InChI=1S/C11H21IO/c1-2-3-4-5-7-10-8-6-9-11(12)13-10/h10-11H,2-9H2,1H3. The first-order valence-electron chi connectivity index (χ1n) is 5.62. The van der Waals surface area contributed by atoms with Crippen LogP contribution in [0.15, 0.2) is 0 Å². The lowest BCUT2D eigenvalue weighted by molar-refractivity contribution is -0.000967. The van der Waals surface area contributed by atoms with Crippen molar-refractivity contribution in [2.45, 2.75) is 68.5 Å². The third-order valence-corrected chi connectivity index (χ3v) is 3.59. The molecule has 0 N–H and O–H groups in total. The van der Waals surface area contributed by atoms with E-state index < -0.39 is 0 Å². The highest BCUT2D eigenvalue weighted by atomic mass is 127. The van der Waals surface area contributed by atoms with E-state index in [1.54, 1.807) is 0 Å². The molecule has 1 rings (SSSR count). The van der Waals surface area contributed by atoms with Gasteiger partial charge in [0.15, 0.2) is 0 Å². The average molecular weight is 296 g/mol. The first-order chi connectivity index (χ1) is 6.33. The van der Waals surface area contributed by atoms with Crippen molar-refractivity contribution in [3.05, 3.63) is 0 Å². The summed E-state index contributed by atoms with van der Waals surface area (Å²) in [6.07, 6.45) is 11.3. The second kappa shape index (κ2) is 7.04. The average Bonchev–Trinajstić information content (AvgIpc) is 2.13. The van der Waals surface area contributed by atoms with E-state index in [0.29, 0.717) is 10.2 Å². The van der Waals surface area contributed by atoms with Gasteiger partial charge >= 0.3 is 0 Å². The summed E-state index contributed by atoms with van der Waals surface area (Å²) < 4.78 is 6.34. The highest BCUT2D eigenvalue weighted by molar-refractivity contribution is 14.1. The molecule has 0 bridgehead atoms. The van der Waals surface area contributed by atoms with Crippen molar-refractivity contribution in [2.24, 2.45) is 0 Å². The molecule has 1 fully saturated rings. The molecule has 1 nitrogen and oxygen atoms in total. The van der Waals surface area contributed by atoms with E-state index in [9.17, 15) is 0 Å². The Labute approximate surface area is 95.8 Å². The van der Waals surface area contributed by atoms with Crippen LogP contribution >= 0.6 is 22.6 Å². The van der Waals surface area contributed by atoms with E-state index in [1.807, 2.05) is 0 Å². The Balaban J connectivity index is 2.00. The number of rotatable bonds is 5. The predicted molar refractivity (Wildman–Crippen MR) is 65.3 cm³/mol. The Morgan fingerprint density at radius 2 is 2.08 bits per heavy atom. The predicted octanol–water partition coefficient (Wildman–Crippen LogP) is 4.29. The summed E-state index contributed by atoms with van der Waals surface area (Å²) in [7, 11) is 0. The molecular weight excluding hydrogens is 275 g/mol. The second-order valence-corrected chi connectivity index (χ2v) is 5.34. The molecule has 0 aromatic rings. The van der Waals surface area contributed by atoms with Crippen LogP contribution in [0.4, 0.5) is 0 Å². The van der Waals surface area contributed by atoms with Crippen LogP contribution in [0, 0.1) is 0 Å². The molecule has 1 aliphatic rings. The summed E-state index contributed by atoms with van der Waals surface area (Å²) in [4.78, 5) is 0. The highest BCUT2D eigenvalue weighted by Crippen LogP contribution is 2.26. The van der Waals surface area contributed by atoms with Crippen LogP contribution in [0.5, 0.6) is 0 Å². The fourth-order valence-electron chi connectivity index (χ4n) is 1.86. The lowest BCUT2D eigenvalue weighted by Crippen LogP contribution is -2.23. The SMILES string of the molecule is CCCCCCC1CCCC(I)O1. The molecule has 0 spiro atoms. The van der Waals surface area contributed by atoms with Gasteiger partial charge in [-0.15, -0.1) is 0 Å². The minimum Gasteiger partial charge on any atom is -0.365 e. The first-order valence-corrected chi connectivity index (χ1v) is 6.87. The molecule has 2 unspecified atom stereocenters. The number of alkyl halides is 1. The van der Waals surface area contributed by atoms with E-state index in [0.717, 1.165) is 0 Å². The van der Waals surface area contributed by atoms with Crippen LogP contribution in [0.25, 0.3) is 0 Å². The van der Waals surface area contributed by atoms with Gasteiger partial charge in [-0.3, -0.25) is 0 Å². The normalized spacial score (nSPS) is 29.1. The molecule has 0 radical (unpaired) electrons. The summed E-state index contributed by atoms with van der Waals surface area (Å²) in [6, 6.07) is 0. The van der Waals surface area contributed by atoms with E-state index in [1.165, 1.54) is 51.4 Å². The lowest BCUT2D eigenvalue weighted by Gasteiger charge is -2.26. The molecular formula is C11H21IO. The summed E-state index contributed by atoms with van der Waals surface area (Å²) in [6.45, 7) is 2.26.